The number of benzene rings is 2. The lowest BCUT2D eigenvalue weighted by Crippen LogP contribution is -2.09. The molecule has 0 saturated heterocycles. The number of halogens is 2. The molecule has 2 rings (SSSR count). The molecule has 0 radical (unpaired) electrons. The van der Waals surface area contributed by atoms with Crippen molar-refractivity contribution in [3.8, 4) is 0 Å². The minimum atomic E-state index is -3.97. The van der Waals surface area contributed by atoms with E-state index in [4.69, 9.17) is 5.11 Å². The first kappa shape index (κ1) is 15.1. The average Bonchev–Trinajstić information content (AvgIpc) is 2.43. The van der Waals surface area contributed by atoms with E-state index in [9.17, 15) is 22.0 Å². The summed E-state index contributed by atoms with van der Waals surface area (Å²) in [6.45, 7) is 0. The number of hydrogen-bond acceptors (Lipinski definition) is 3. The number of sulfone groups is 1. The fraction of sp³-hybridized carbons (Fsp3) is 0.0714. The molecule has 4 nitrogen and oxygen atoms in total. The summed E-state index contributed by atoms with van der Waals surface area (Å²) in [5.41, 5.74) is -0.620. The largest absolute Gasteiger partial charge is 0.478 e. The van der Waals surface area contributed by atoms with Gasteiger partial charge in [0.15, 0.2) is 9.84 Å². The molecule has 21 heavy (non-hydrogen) atoms. The fourth-order valence-corrected chi connectivity index (χ4v) is 3.12. The van der Waals surface area contributed by atoms with Crippen LogP contribution in [0.5, 0.6) is 0 Å². The van der Waals surface area contributed by atoms with Gasteiger partial charge >= 0.3 is 5.97 Å². The van der Waals surface area contributed by atoms with Crippen molar-refractivity contribution in [2.75, 3.05) is 0 Å². The van der Waals surface area contributed by atoms with Gasteiger partial charge in [-0.1, -0.05) is 6.07 Å². The van der Waals surface area contributed by atoms with Gasteiger partial charge < -0.3 is 5.11 Å². The average molecular weight is 312 g/mol. The van der Waals surface area contributed by atoms with Crippen molar-refractivity contribution in [1.82, 2.24) is 0 Å². The van der Waals surface area contributed by atoms with Crippen LogP contribution >= 0.6 is 0 Å². The molecule has 0 bridgehead atoms. The van der Waals surface area contributed by atoms with Gasteiger partial charge in [0.1, 0.15) is 11.6 Å². The van der Waals surface area contributed by atoms with Crippen LogP contribution in [0.3, 0.4) is 0 Å². The first-order chi connectivity index (χ1) is 9.81. The van der Waals surface area contributed by atoms with Gasteiger partial charge in [0, 0.05) is 5.56 Å². The molecular formula is C14H10F2O4S. The lowest BCUT2D eigenvalue weighted by molar-refractivity contribution is 0.0696. The van der Waals surface area contributed by atoms with Gasteiger partial charge in [-0.05, 0) is 36.4 Å². The second-order valence-corrected chi connectivity index (χ2v) is 6.28. The molecule has 0 spiro atoms. The summed E-state index contributed by atoms with van der Waals surface area (Å²) >= 11 is 0. The predicted molar refractivity (Wildman–Crippen MR) is 70.6 cm³/mol. The first-order valence-corrected chi connectivity index (χ1v) is 7.45. The molecule has 0 heterocycles. The predicted octanol–water partition coefficient (Wildman–Crippen LogP) is 2.64. The molecule has 0 aliphatic carbocycles. The molecule has 0 amide bonds. The lowest BCUT2D eigenvalue weighted by atomic mass is 10.2. The van der Waals surface area contributed by atoms with E-state index in [1.54, 1.807) is 0 Å². The smallest absolute Gasteiger partial charge is 0.335 e. The highest BCUT2D eigenvalue weighted by Crippen LogP contribution is 2.21. The highest BCUT2D eigenvalue weighted by molar-refractivity contribution is 7.90. The van der Waals surface area contributed by atoms with Crippen molar-refractivity contribution >= 4 is 15.8 Å². The topological polar surface area (TPSA) is 71.4 Å². The maximum atomic E-state index is 13.5. The van der Waals surface area contributed by atoms with Crippen LogP contribution < -0.4 is 0 Å². The molecule has 0 aromatic heterocycles. The third-order valence-corrected chi connectivity index (χ3v) is 4.52. The number of carbonyl (C=O) groups is 1. The Labute approximate surface area is 119 Å². The monoisotopic (exact) mass is 312 g/mol. The number of aromatic carboxylic acids is 1. The highest BCUT2D eigenvalue weighted by Gasteiger charge is 2.20. The van der Waals surface area contributed by atoms with E-state index in [0.717, 1.165) is 42.5 Å². The summed E-state index contributed by atoms with van der Waals surface area (Å²) in [4.78, 5) is 10.5. The Morgan fingerprint density at radius 1 is 1.00 bits per heavy atom. The number of carboxylic acid groups (broad SMARTS) is 1. The van der Waals surface area contributed by atoms with Crippen molar-refractivity contribution in [2.24, 2.45) is 0 Å². The van der Waals surface area contributed by atoms with E-state index < -0.39 is 38.8 Å². The van der Waals surface area contributed by atoms with Crippen LogP contribution in [0, 0.1) is 11.6 Å². The summed E-state index contributed by atoms with van der Waals surface area (Å²) in [6.07, 6.45) is 0. The Balaban J connectivity index is 2.36. The van der Waals surface area contributed by atoms with Crippen LogP contribution in [0.4, 0.5) is 8.78 Å². The van der Waals surface area contributed by atoms with Gasteiger partial charge in [-0.15, -0.1) is 0 Å². The van der Waals surface area contributed by atoms with Crippen molar-refractivity contribution in [3.05, 3.63) is 65.2 Å². The van der Waals surface area contributed by atoms with E-state index in [2.05, 4.69) is 0 Å². The summed E-state index contributed by atoms with van der Waals surface area (Å²) in [5, 5.41) is 8.74. The Morgan fingerprint density at radius 2 is 1.52 bits per heavy atom. The third-order valence-electron chi connectivity index (χ3n) is 2.86. The van der Waals surface area contributed by atoms with Crippen LogP contribution in [0.15, 0.2) is 47.4 Å². The molecule has 0 aliphatic rings. The van der Waals surface area contributed by atoms with Gasteiger partial charge in [0.05, 0.1) is 16.2 Å². The van der Waals surface area contributed by atoms with Crippen LogP contribution in [-0.4, -0.2) is 19.5 Å². The molecule has 0 unspecified atom stereocenters. The minimum Gasteiger partial charge on any atom is -0.478 e. The van der Waals surface area contributed by atoms with Gasteiger partial charge in [-0.2, -0.15) is 0 Å². The fourth-order valence-electron chi connectivity index (χ4n) is 1.75. The van der Waals surface area contributed by atoms with Gasteiger partial charge in [-0.3, -0.25) is 0 Å². The second-order valence-electron chi connectivity index (χ2n) is 4.29. The van der Waals surface area contributed by atoms with Crippen molar-refractivity contribution < 1.29 is 27.1 Å². The van der Waals surface area contributed by atoms with Gasteiger partial charge in [0.25, 0.3) is 0 Å². The molecule has 110 valence electrons. The summed E-state index contributed by atoms with van der Waals surface area (Å²) in [6, 6.07) is 7.51. The van der Waals surface area contributed by atoms with Gasteiger partial charge in [0.2, 0.25) is 0 Å². The van der Waals surface area contributed by atoms with E-state index in [1.807, 2.05) is 0 Å². The molecule has 0 saturated carbocycles. The standard InChI is InChI=1S/C14H10F2O4S/c15-12-2-1-3-13(16)11(12)8-21(19,20)10-6-4-9(5-7-10)14(17)18/h1-7H,8H2,(H,17,18). The first-order valence-electron chi connectivity index (χ1n) is 5.80. The SMILES string of the molecule is O=C(O)c1ccc(S(=O)(=O)Cc2c(F)cccc2F)cc1. The molecule has 0 fully saturated rings. The summed E-state index contributed by atoms with van der Waals surface area (Å²) in [7, 11) is -3.97. The Kier molecular flexibility index (Phi) is 4.04. The zero-order valence-corrected chi connectivity index (χ0v) is 11.4. The highest BCUT2D eigenvalue weighted by atomic mass is 32.2. The zero-order chi connectivity index (χ0) is 15.6. The molecule has 7 heteroatoms. The third kappa shape index (κ3) is 3.25. The Morgan fingerprint density at radius 3 is 2.00 bits per heavy atom. The van der Waals surface area contributed by atoms with E-state index in [0.29, 0.717) is 0 Å². The Hall–Kier alpha value is -2.28. The van der Waals surface area contributed by atoms with Crippen LogP contribution in [0.2, 0.25) is 0 Å². The van der Waals surface area contributed by atoms with Crippen molar-refractivity contribution in [2.45, 2.75) is 10.6 Å². The molecular weight excluding hydrogens is 302 g/mol. The number of rotatable bonds is 4. The maximum absolute atomic E-state index is 13.5. The van der Waals surface area contributed by atoms with Gasteiger partial charge in [-0.25, -0.2) is 22.0 Å². The number of hydrogen-bond donors (Lipinski definition) is 1. The van der Waals surface area contributed by atoms with E-state index in [1.165, 1.54) is 0 Å². The Bertz CT molecular complexity index is 763. The molecule has 1 N–H and O–H groups in total. The lowest BCUT2D eigenvalue weighted by Gasteiger charge is -2.07. The number of carboxylic acids is 1. The summed E-state index contributed by atoms with van der Waals surface area (Å²) in [5.74, 6) is -3.92. The van der Waals surface area contributed by atoms with Crippen LogP contribution in [0.25, 0.3) is 0 Å². The van der Waals surface area contributed by atoms with Crippen molar-refractivity contribution in [1.29, 1.82) is 0 Å². The van der Waals surface area contributed by atoms with E-state index in [-0.39, 0.29) is 10.5 Å². The zero-order valence-electron chi connectivity index (χ0n) is 10.6. The second kappa shape index (κ2) is 5.61. The molecule has 2 aromatic rings. The minimum absolute atomic E-state index is 0.0778. The quantitative estimate of drug-likeness (QED) is 0.942. The van der Waals surface area contributed by atoms with Crippen LogP contribution in [0.1, 0.15) is 15.9 Å². The van der Waals surface area contributed by atoms with Crippen LogP contribution in [-0.2, 0) is 15.6 Å². The molecule has 0 aliphatic heterocycles. The van der Waals surface area contributed by atoms with Crippen molar-refractivity contribution in [3.63, 3.8) is 0 Å². The normalized spacial score (nSPS) is 11.3. The maximum Gasteiger partial charge on any atom is 0.335 e. The van der Waals surface area contributed by atoms with E-state index >= 15 is 0 Å². The molecule has 2 aromatic carbocycles. The summed E-state index contributed by atoms with van der Waals surface area (Å²) < 4.78 is 51.2. The molecule has 0 atom stereocenters.